The highest BCUT2D eigenvalue weighted by Crippen LogP contribution is 2.27. The number of halogens is 1. The van der Waals surface area contributed by atoms with E-state index in [1.807, 2.05) is 54.6 Å². The fraction of sp³-hybridized carbons (Fsp3) is 0.0952. The number of Topliss-reactive ketones (excluding diaryl/α,β-unsaturated/α-hetero) is 1. The fourth-order valence-electron chi connectivity index (χ4n) is 2.71. The molecule has 3 aromatic carbocycles. The second kappa shape index (κ2) is 8.47. The van der Waals surface area contributed by atoms with Gasteiger partial charge < -0.3 is 5.32 Å². The summed E-state index contributed by atoms with van der Waals surface area (Å²) in [5, 5.41) is 14.0. The Balaban J connectivity index is 1.58. The summed E-state index contributed by atoms with van der Waals surface area (Å²) in [7, 11) is 0. The molecule has 0 bridgehead atoms. The quantitative estimate of drug-likeness (QED) is 0.329. The topological polar surface area (TPSA) is 72.2 Å². The van der Waals surface area contributed by atoms with Crippen molar-refractivity contribution in [1.29, 1.82) is 0 Å². The molecule has 0 aromatic heterocycles. The molecule has 27 heavy (non-hydrogen) atoms. The molecule has 0 spiro atoms. The van der Waals surface area contributed by atoms with E-state index in [1.165, 1.54) is 12.1 Å². The Morgan fingerprint density at radius 1 is 0.963 bits per heavy atom. The van der Waals surface area contributed by atoms with Gasteiger partial charge in [0.25, 0.3) is 5.69 Å². The SMILES string of the molecule is O=C(CCNc1ccc(Cl)c([N+](=O)[O-])c1)c1ccc(-c2ccccc2)cc1. The van der Waals surface area contributed by atoms with Crippen LogP contribution in [0.2, 0.25) is 5.02 Å². The number of nitro benzene ring substituents is 1. The number of rotatable bonds is 7. The minimum absolute atomic E-state index is 0.00516. The van der Waals surface area contributed by atoms with Crippen molar-refractivity contribution in [2.24, 2.45) is 0 Å². The highest BCUT2D eigenvalue weighted by atomic mass is 35.5. The average Bonchev–Trinajstić information content (AvgIpc) is 2.69. The number of ketones is 1. The maximum Gasteiger partial charge on any atom is 0.289 e. The van der Waals surface area contributed by atoms with Gasteiger partial charge in [0.15, 0.2) is 5.78 Å². The number of nitrogens with one attached hydrogen (secondary N) is 1. The van der Waals surface area contributed by atoms with E-state index < -0.39 is 4.92 Å². The van der Waals surface area contributed by atoms with Crippen LogP contribution in [0.4, 0.5) is 11.4 Å². The van der Waals surface area contributed by atoms with Gasteiger partial charge in [0.05, 0.1) is 4.92 Å². The van der Waals surface area contributed by atoms with Gasteiger partial charge in [-0.15, -0.1) is 0 Å². The third-order valence-corrected chi connectivity index (χ3v) is 4.46. The average molecular weight is 381 g/mol. The van der Waals surface area contributed by atoms with Crippen molar-refractivity contribution < 1.29 is 9.72 Å². The summed E-state index contributed by atoms with van der Waals surface area (Å²) in [6.45, 7) is 0.373. The van der Waals surface area contributed by atoms with Crippen LogP contribution in [0.3, 0.4) is 0 Å². The van der Waals surface area contributed by atoms with Crippen LogP contribution in [0.5, 0.6) is 0 Å². The lowest BCUT2D eigenvalue weighted by molar-refractivity contribution is -0.384. The Kier molecular flexibility index (Phi) is 5.84. The first kappa shape index (κ1) is 18.6. The lowest BCUT2D eigenvalue weighted by atomic mass is 10.0. The van der Waals surface area contributed by atoms with E-state index in [1.54, 1.807) is 6.07 Å². The molecule has 1 N–H and O–H groups in total. The summed E-state index contributed by atoms with van der Waals surface area (Å²) in [4.78, 5) is 22.7. The zero-order valence-electron chi connectivity index (χ0n) is 14.4. The second-order valence-corrected chi connectivity index (χ2v) is 6.37. The molecule has 0 unspecified atom stereocenters. The van der Waals surface area contributed by atoms with Gasteiger partial charge in [0, 0.05) is 30.3 Å². The zero-order chi connectivity index (χ0) is 19.2. The van der Waals surface area contributed by atoms with Gasteiger partial charge in [0.2, 0.25) is 0 Å². The van der Waals surface area contributed by atoms with Crippen molar-refractivity contribution in [1.82, 2.24) is 0 Å². The van der Waals surface area contributed by atoms with Crippen LogP contribution in [-0.2, 0) is 0 Å². The van der Waals surface area contributed by atoms with E-state index in [9.17, 15) is 14.9 Å². The van der Waals surface area contributed by atoms with Crippen molar-refractivity contribution in [2.75, 3.05) is 11.9 Å². The van der Waals surface area contributed by atoms with Gasteiger partial charge in [-0.2, -0.15) is 0 Å². The van der Waals surface area contributed by atoms with E-state index >= 15 is 0 Å². The first-order valence-corrected chi connectivity index (χ1v) is 8.79. The van der Waals surface area contributed by atoms with Crippen LogP contribution in [0, 0.1) is 10.1 Å². The highest BCUT2D eigenvalue weighted by Gasteiger charge is 2.13. The molecule has 0 fully saturated rings. The van der Waals surface area contributed by atoms with Gasteiger partial charge in [-0.1, -0.05) is 66.2 Å². The molecule has 6 heteroatoms. The summed E-state index contributed by atoms with van der Waals surface area (Å²) in [5.41, 5.74) is 3.18. The van der Waals surface area contributed by atoms with E-state index in [-0.39, 0.29) is 22.9 Å². The Labute approximate surface area is 161 Å². The van der Waals surface area contributed by atoms with E-state index in [4.69, 9.17) is 11.6 Å². The molecule has 0 aliphatic rings. The minimum Gasteiger partial charge on any atom is -0.384 e. The third kappa shape index (κ3) is 4.71. The zero-order valence-corrected chi connectivity index (χ0v) is 15.1. The minimum atomic E-state index is -0.535. The molecule has 136 valence electrons. The molecular weight excluding hydrogens is 364 g/mol. The molecule has 0 heterocycles. The van der Waals surface area contributed by atoms with Gasteiger partial charge in [-0.05, 0) is 23.3 Å². The van der Waals surface area contributed by atoms with E-state index in [2.05, 4.69) is 5.32 Å². The number of nitrogens with zero attached hydrogens (tertiary/aromatic N) is 1. The predicted molar refractivity (Wildman–Crippen MR) is 107 cm³/mol. The Hall–Kier alpha value is -3.18. The summed E-state index contributed by atoms with van der Waals surface area (Å²) in [6, 6.07) is 21.9. The molecule has 0 radical (unpaired) electrons. The fourth-order valence-corrected chi connectivity index (χ4v) is 2.89. The van der Waals surface area contributed by atoms with Crippen molar-refractivity contribution in [3.63, 3.8) is 0 Å². The smallest absolute Gasteiger partial charge is 0.289 e. The van der Waals surface area contributed by atoms with Crippen molar-refractivity contribution in [2.45, 2.75) is 6.42 Å². The van der Waals surface area contributed by atoms with Crippen LogP contribution >= 0.6 is 11.6 Å². The highest BCUT2D eigenvalue weighted by molar-refractivity contribution is 6.32. The number of carbonyl (C=O) groups excluding carboxylic acids is 1. The number of anilines is 1. The summed E-state index contributed by atoms with van der Waals surface area (Å²) < 4.78 is 0. The Morgan fingerprint density at radius 3 is 2.30 bits per heavy atom. The van der Waals surface area contributed by atoms with Crippen LogP contribution in [0.15, 0.2) is 72.8 Å². The molecule has 3 rings (SSSR count). The second-order valence-electron chi connectivity index (χ2n) is 5.97. The number of hydrogen-bond donors (Lipinski definition) is 1. The lowest BCUT2D eigenvalue weighted by Crippen LogP contribution is -2.09. The van der Waals surface area contributed by atoms with Crippen molar-refractivity contribution in [3.05, 3.63) is 93.5 Å². The first-order chi connectivity index (χ1) is 13.0. The summed E-state index contributed by atoms with van der Waals surface area (Å²) in [6.07, 6.45) is 0.279. The molecule has 0 saturated carbocycles. The third-order valence-electron chi connectivity index (χ3n) is 4.14. The van der Waals surface area contributed by atoms with Gasteiger partial charge >= 0.3 is 0 Å². The largest absolute Gasteiger partial charge is 0.384 e. The molecule has 0 atom stereocenters. The number of benzene rings is 3. The van der Waals surface area contributed by atoms with E-state index in [0.717, 1.165) is 11.1 Å². The maximum absolute atomic E-state index is 12.3. The summed E-state index contributed by atoms with van der Waals surface area (Å²) >= 11 is 5.79. The summed E-state index contributed by atoms with van der Waals surface area (Å²) in [5.74, 6) is 0.00516. The monoisotopic (exact) mass is 380 g/mol. The van der Waals surface area contributed by atoms with Gasteiger partial charge in [0.1, 0.15) is 5.02 Å². The standard InChI is InChI=1S/C21H17ClN2O3/c22-19-11-10-18(14-20(19)24(26)27)23-13-12-21(25)17-8-6-16(7-9-17)15-4-2-1-3-5-15/h1-11,14,23H,12-13H2. The first-order valence-electron chi connectivity index (χ1n) is 8.41. The number of carbonyl (C=O) groups is 1. The van der Waals surface area contributed by atoms with Crippen LogP contribution < -0.4 is 5.32 Å². The Morgan fingerprint density at radius 2 is 1.63 bits per heavy atom. The molecular formula is C21H17ClN2O3. The normalized spacial score (nSPS) is 10.4. The van der Waals surface area contributed by atoms with Crippen LogP contribution in [0.1, 0.15) is 16.8 Å². The molecule has 0 amide bonds. The number of hydrogen-bond acceptors (Lipinski definition) is 4. The molecule has 0 aliphatic heterocycles. The van der Waals surface area contributed by atoms with Gasteiger partial charge in [-0.3, -0.25) is 14.9 Å². The van der Waals surface area contributed by atoms with Crippen LogP contribution in [0.25, 0.3) is 11.1 Å². The molecule has 3 aromatic rings. The van der Waals surface area contributed by atoms with E-state index in [0.29, 0.717) is 17.8 Å². The lowest BCUT2D eigenvalue weighted by Gasteiger charge is -2.07. The van der Waals surface area contributed by atoms with Crippen LogP contribution in [-0.4, -0.2) is 17.3 Å². The van der Waals surface area contributed by atoms with Crippen molar-refractivity contribution in [3.8, 4) is 11.1 Å². The Bertz CT molecular complexity index is 957. The molecule has 0 aliphatic carbocycles. The number of nitro groups is 1. The molecule has 0 saturated heterocycles. The molecule has 5 nitrogen and oxygen atoms in total. The van der Waals surface area contributed by atoms with Gasteiger partial charge in [-0.25, -0.2) is 0 Å². The van der Waals surface area contributed by atoms with Crippen molar-refractivity contribution >= 4 is 28.8 Å². The maximum atomic E-state index is 12.3. The predicted octanol–water partition coefficient (Wildman–Crippen LogP) is 5.60.